The quantitative estimate of drug-likeness (QED) is 0.756. The van der Waals surface area contributed by atoms with E-state index in [1.54, 1.807) is 0 Å². The molecule has 5 nitrogen and oxygen atoms in total. The molecule has 2 N–H and O–H groups in total. The second kappa shape index (κ2) is 5.49. The monoisotopic (exact) mass is 267 g/mol. The standard InChI is InChI=1S/C14H25N3O2/c1-4-10(2)9-17-7-5-11(6-8-17)14(3)12(18)15-13(19)16-14/h10-11H,4-9H2,1-3H3,(H2,15,16,18,19). The van der Waals surface area contributed by atoms with E-state index in [4.69, 9.17) is 0 Å². The van der Waals surface area contributed by atoms with Crippen molar-refractivity contribution in [2.24, 2.45) is 11.8 Å². The van der Waals surface area contributed by atoms with Crippen molar-refractivity contribution in [2.45, 2.75) is 45.6 Å². The summed E-state index contributed by atoms with van der Waals surface area (Å²) in [6.07, 6.45) is 3.15. The van der Waals surface area contributed by atoms with Gasteiger partial charge in [0.25, 0.3) is 5.91 Å². The molecule has 2 aliphatic rings. The molecular weight excluding hydrogens is 242 g/mol. The van der Waals surface area contributed by atoms with Crippen LogP contribution >= 0.6 is 0 Å². The normalized spacial score (nSPS) is 31.1. The second-order valence-corrected chi connectivity index (χ2v) is 6.20. The first-order chi connectivity index (χ1) is 8.95. The Kier molecular flexibility index (Phi) is 4.13. The van der Waals surface area contributed by atoms with E-state index in [2.05, 4.69) is 29.4 Å². The van der Waals surface area contributed by atoms with Crippen molar-refractivity contribution in [3.05, 3.63) is 0 Å². The van der Waals surface area contributed by atoms with Crippen LogP contribution in [0.3, 0.4) is 0 Å². The van der Waals surface area contributed by atoms with Crippen molar-refractivity contribution in [2.75, 3.05) is 19.6 Å². The Labute approximate surface area is 115 Å². The highest BCUT2D eigenvalue weighted by Crippen LogP contribution is 2.30. The van der Waals surface area contributed by atoms with Gasteiger partial charge in [-0.2, -0.15) is 0 Å². The van der Waals surface area contributed by atoms with Gasteiger partial charge in [0, 0.05) is 6.54 Å². The fourth-order valence-corrected chi connectivity index (χ4v) is 3.11. The Morgan fingerprint density at radius 3 is 2.47 bits per heavy atom. The number of nitrogens with one attached hydrogen (secondary N) is 2. The first kappa shape index (κ1) is 14.3. The van der Waals surface area contributed by atoms with Crippen LogP contribution in [-0.2, 0) is 4.79 Å². The Balaban J connectivity index is 1.89. The maximum absolute atomic E-state index is 11.9. The van der Waals surface area contributed by atoms with E-state index >= 15 is 0 Å². The number of hydrogen-bond donors (Lipinski definition) is 2. The topological polar surface area (TPSA) is 61.4 Å². The van der Waals surface area contributed by atoms with E-state index in [1.807, 2.05) is 6.92 Å². The van der Waals surface area contributed by atoms with E-state index in [1.165, 1.54) is 6.42 Å². The molecule has 2 aliphatic heterocycles. The predicted octanol–water partition coefficient (Wildman–Crippen LogP) is 1.34. The molecule has 2 unspecified atom stereocenters. The molecule has 2 saturated heterocycles. The zero-order chi connectivity index (χ0) is 14.0. The number of carbonyl (C=O) groups excluding carboxylic acids is 2. The summed E-state index contributed by atoms with van der Waals surface area (Å²) in [5, 5.41) is 5.15. The van der Waals surface area contributed by atoms with Crippen molar-refractivity contribution in [3.63, 3.8) is 0 Å². The SMILES string of the molecule is CCC(C)CN1CCC(C2(C)NC(=O)NC2=O)CC1. The Bertz CT molecular complexity index is 364. The number of likely N-dealkylation sites (tertiary alicyclic amines) is 1. The van der Waals surface area contributed by atoms with Crippen LogP contribution in [0.2, 0.25) is 0 Å². The van der Waals surface area contributed by atoms with Crippen LogP contribution in [0, 0.1) is 11.8 Å². The van der Waals surface area contributed by atoms with E-state index in [9.17, 15) is 9.59 Å². The molecule has 2 atom stereocenters. The summed E-state index contributed by atoms with van der Waals surface area (Å²) in [6.45, 7) is 9.52. The third kappa shape index (κ3) is 2.91. The van der Waals surface area contributed by atoms with Gasteiger partial charge in [0.15, 0.2) is 0 Å². The summed E-state index contributed by atoms with van der Waals surface area (Å²) in [4.78, 5) is 25.7. The van der Waals surface area contributed by atoms with Gasteiger partial charge in [-0.3, -0.25) is 10.1 Å². The molecule has 19 heavy (non-hydrogen) atoms. The van der Waals surface area contributed by atoms with Gasteiger partial charge in [-0.15, -0.1) is 0 Å². The van der Waals surface area contributed by atoms with Crippen molar-refractivity contribution in [1.82, 2.24) is 15.5 Å². The maximum Gasteiger partial charge on any atom is 0.322 e. The summed E-state index contributed by atoms with van der Waals surface area (Å²) in [7, 11) is 0. The number of piperidine rings is 1. The maximum atomic E-state index is 11.9. The lowest BCUT2D eigenvalue weighted by Gasteiger charge is -2.39. The summed E-state index contributed by atoms with van der Waals surface area (Å²) in [5.74, 6) is 0.798. The molecule has 0 bridgehead atoms. The minimum absolute atomic E-state index is 0.169. The van der Waals surface area contributed by atoms with Gasteiger partial charge >= 0.3 is 6.03 Å². The lowest BCUT2D eigenvalue weighted by Crippen LogP contribution is -2.54. The second-order valence-electron chi connectivity index (χ2n) is 6.20. The molecule has 108 valence electrons. The zero-order valence-electron chi connectivity index (χ0n) is 12.2. The van der Waals surface area contributed by atoms with Gasteiger partial charge in [0.2, 0.25) is 0 Å². The summed E-state index contributed by atoms with van der Waals surface area (Å²) in [5.41, 5.74) is -0.709. The fraction of sp³-hybridized carbons (Fsp3) is 0.857. The number of imide groups is 1. The van der Waals surface area contributed by atoms with Gasteiger partial charge in [0.1, 0.15) is 5.54 Å². The highest BCUT2D eigenvalue weighted by molar-refractivity contribution is 6.06. The molecule has 2 fully saturated rings. The van der Waals surface area contributed by atoms with Crippen LogP contribution in [0.5, 0.6) is 0 Å². The van der Waals surface area contributed by atoms with Gasteiger partial charge in [0.05, 0.1) is 0 Å². The molecule has 2 heterocycles. The average Bonchev–Trinajstić information content (AvgIpc) is 2.64. The van der Waals surface area contributed by atoms with Gasteiger partial charge < -0.3 is 10.2 Å². The molecular formula is C14H25N3O2. The molecule has 0 aromatic rings. The van der Waals surface area contributed by atoms with Crippen LogP contribution in [0.1, 0.15) is 40.0 Å². The number of urea groups is 1. The lowest BCUT2D eigenvalue weighted by atomic mass is 9.79. The van der Waals surface area contributed by atoms with Gasteiger partial charge in [-0.05, 0) is 44.7 Å². The highest BCUT2D eigenvalue weighted by atomic mass is 16.2. The average molecular weight is 267 g/mol. The van der Waals surface area contributed by atoms with E-state index in [-0.39, 0.29) is 17.9 Å². The molecule has 0 saturated carbocycles. The van der Waals surface area contributed by atoms with E-state index < -0.39 is 5.54 Å². The van der Waals surface area contributed by atoms with Crippen LogP contribution in [0.15, 0.2) is 0 Å². The molecule has 0 spiro atoms. The third-order valence-electron chi connectivity index (χ3n) is 4.74. The van der Waals surface area contributed by atoms with Crippen LogP contribution in [0.25, 0.3) is 0 Å². The van der Waals surface area contributed by atoms with Gasteiger partial charge in [-0.1, -0.05) is 20.3 Å². The summed E-state index contributed by atoms with van der Waals surface area (Å²) in [6, 6.07) is -0.352. The Morgan fingerprint density at radius 1 is 1.37 bits per heavy atom. The van der Waals surface area contributed by atoms with Crippen LogP contribution in [-0.4, -0.2) is 42.0 Å². The van der Waals surface area contributed by atoms with Crippen LogP contribution in [0.4, 0.5) is 4.79 Å². The predicted molar refractivity (Wildman–Crippen MR) is 73.7 cm³/mol. The molecule has 5 heteroatoms. The van der Waals surface area contributed by atoms with Crippen molar-refractivity contribution in [3.8, 4) is 0 Å². The largest absolute Gasteiger partial charge is 0.323 e. The van der Waals surface area contributed by atoms with E-state index in [0.717, 1.165) is 38.4 Å². The van der Waals surface area contributed by atoms with Crippen molar-refractivity contribution < 1.29 is 9.59 Å². The van der Waals surface area contributed by atoms with Gasteiger partial charge in [-0.25, -0.2) is 4.79 Å². The first-order valence-corrected chi connectivity index (χ1v) is 7.31. The minimum Gasteiger partial charge on any atom is -0.323 e. The third-order valence-corrected chi connectivity index (χ3v) is 4.74. The molecule has 0 radical (unpaired) electrons. The molecule has 3 amide bonds. The number of nitrogens with zero attached hydrogens (tertiary/aromatic N) is 1. The number of rotatable bonds is 4. The minimum atomic E-state index is -0.709. The molecule has 0 aliphatic carbocycles. The molecule has 0 aromatic heterocycles. The lowest BCUT2D eigenvalue weighted by molar-refractivity contribution is -0.125. The molecule has 0 aromatic carbocycles. The van der Waals surface area contributed by atoms with E-state index in [0.29, 0.717) is 0 Å². The Morgan fingerprint density at radius 2 is 2.00 bits per heavy atom. The van der Waals surface area contributed by atoms with Crippen molar-refractivity contribution >= 4 is 11.9 Å². The molecule has 2 rings (SSSR count). The Hall–Kier alpha value is -1.10. The van der Waals surface area contributed by atoms with Crippen molar-refractivity contribution in [1.29, 1.82) is 0 Å². The zero-order valence-corrected chi connectivity index (χ0v) is 12.2. The summed E-state index contributed by atoms with van der Waals surface area (Å²) < 4.78 is 0. The number of carbonyl (C=O) groups is 2. The smallest absolute Gasteiger partial charge is 0.322 e. The summed E-state index contributed by atoms with van der Waals surface area (Å²) >= 11 is 0. The number of amides is 3. The first-order valence-electron chi connectivity index (χ1n) is 7.31. The highest BCUT2D eigenvalue weighted by Gasteiger charge is 2.48. The fourth-order valence-electron chi connectivity index (χ4n) is 3.11. The van der Waals surface area contributed by atoms with Crippen LogP contribution < -0.4 is 10.6 Å². The number of hydrogen-bond acceptors (Lipinski definition) is 3.